The summed E-state index contributed by atoms with van der Waals surface area (Å²) in [5, 5.41) is 6.81. The van der Waals surface area contributed by atoms with Crippen LogP contribution in [-0.4, -0.2) is 49.9 Å². The van der Waals surface area contributed by atoms with Crippen LogP contribution >= 0.6 is 22.9 Å². The predicted molar refractivity (Wildman–Crippen MR) is 124 cm³/mol. The van der Waals surface area contributed by atoms with E-state index in [1.807, 2.05) is 31.3 Å². The molecule has 0 unspecified atom stereocenters. The van der Waals surface area contributed by atoms with E-state index in [1.165, 1.54) is 11.3 Å². The zero-order chi connectivity index (χ0) is 22.8. The minimum Gasteiger partial charge on any atom is -0.466 e. The third kappa shape index (κ3) is 7.23. The van der Waals surface area contributed by atoms with E-state index in [0.717, 1.165) is 27.7 Å². The molecule has 4 N–H and O–H groups in total. The van der Waals surface area contributed by atoms with Crippen molar-refractivity contribution in [2.75, 3.05) is 37.4 Å². The quantitative estimate of drug-likeness (QED) is 0.407. The molecule has 2 aromatic rings. The molecule has 1 aliphatic rings. The monoisotopic (exact) mass is 466 g/mol. The predicted octanol–water partition coefficient (Wildman–Crippen LogP) is 3.11. The van der Waals surface area contributed by atoms with Crippen molar-refractivity contribution in [1.82, 2.24) is 4.90 Å². The summed E-state index contributed by atoms with van der Waals surface area (Å²) in [5.41, 5.74) is 7.82. The van der Waals surface area contributed by atoms with Crippen molar-refractivity contribution in [3.63, 3.8) is 0 Å². The van der Waals surface area contributed by atoms with Crippen LogP contribution in [0.1, 0.15) is 34.1 Å². The van der Waals surface area contributed by atoms with E-state index in [-0.39, 0.29) is 5.97 Å². The Labute approximate surface area is 190 Å². The van der Waals surface area contributed by atoms with Gasteiger partial charge in [0.1, 0.15) is 5.00 Å². The minimum absolute atomic E-state index is 0.208. The first-order valence-electron chi connectivity index (χ1n) is 9.85. The van der Waals surface area contributed by atoms with Gasteiger partial charge in [-0.3, -0.25) is 19.3 Å². The van der Waals surface area contributed by atoms with E-state index in [2.05, 4.69) is 15.5 Å². The van der Waals surface area contributed by atoms with Gasteiger partial charge in [0, 0.05) is 42.3 Å². The number of fused-ring (bicyclic) bond motifs is 1. The van der Waals surface area contributed by atoms with Gasteiger partial charge in [0.05, 0.1) is 18.6 Å². The average Bonchev–Trinajstić information content (AvgIpc) is 3.11. The van der Waals surface area contributed by atoms with E-state index in [0.29, 0.717) is 49.5 Å². The van der Waals surface area contributed by atoms with E-state index in [1.54, 1.807) is 6.92 Å². The average molecular weight is 467 g/mol. The highest BCUT2D eigenvalue weighted by molar-refractivity contribution is 7.16. The molecule has 0 fully saturated rings. The summed E-state index contributed by atoms with van der Waals surface area (Å²) in [6.07, 6.45) is 1.56. The van der Waals surface area contributed by atoms with Crippen LogP contribution in [0.4, 0.5) is 10.7 Å². The molecule has 8 nitrogen and oxygen atoms in total. The fraction of sp³-hybridized carbons (Fsp3) is 0.381. The third-order valence-corrected chi connectivity index (χ3v) is 6.04. The smallest absolute Gasteiger partial charge is 0.307 e. The Morgan fingerprint density at radius 1 is 1.32 bits per heavy atom. The summed E-state index contributed by atoms with van der Waals surface area (Å²) in [4.78, 5) is 36.8. The minimum atomic E-state index is -0.526. The lowest BCUT2D eigenvalue weighted by Gasteiger charge is -2.26. The van der Waals surface area contributed by atoms with Gasteiger partial charge in [0.15, 0.2) is 0 Å². The molecule has 2 heterocycles. The number of hydrogen-bond donors (Lipinski definition) is 3. The first-order chi connectivity index (χ1) is 14.9. The van der Waals surface area contributed by atoms with Crippen molar-refractivity contribution in [1.29, 1.82) is 0 Å². The molecule has 1 aromatic carbocycles. The van der Waals surface area contributed by atoms with Crippen molar-refractivity contribution in [3.8, 4) is 0 Å². The molecule has 2 amide bonds. The normalized spacial score (nSPS) is 12.7. The van der Waals surface area contributed by atoms with Gasteiger partial charge in [-0.15, -0.1) is 11.3 Å². The number of esters is 1. The molecule has 0 saturated carbocycles. The van der Waals surface area contributed by atoms with Crippen molar-refractivity contribution in [2.24, 2.45) is 5.73 Å². The zero-order valence-corrected chi connectivity index (χ0v) is 19.1. The van der Waals surface area contributed by atoms with E-state index < -0.39 is 5.91 Å². The molecular weight excluding hydrogens is 440 g/mol. The van der Waals surface area contributed by atoms with Crippen molar-refractivity contribution in [3.05, 3.63) is 45.3 Å². The van der Waals surface area contributed by atoms with Crippen LogP contribution in [0.3, 0.4) is 0 Å². The molecule has 0 bridgehead atoms. The van der Waals surface area contributed by atoms with E-state index >= 15 is 0 Å². The molecule has 0 aliphatic carbocycles. The molecule has 31 heavy (non-hydrogen) atoms. The van der Waals surface area contributed by atoms with Gasteiger partial charge < -0.3 is 21.1 Å². The molecule has 168 valence electrons. The Bertz CT molecular complexity index is 902. The standard InChI is InChI=1S/C14H19N3O4S.C7H8ClN/c1-2-21-11(19)4-6-17-5-3-9-10(7-17)22-14(16-8-18)12(9)13(15)20;1-9-7-4-2-6(8)3-5-7/h8H,2-7H2,1H3,(H2,15,20)(H,16,18);2-5,9H,1H3. The Morgan fingerprint density at radius 3 is 2.61 bits per heavy atom. The van der Waals surface area contributed by atoms with Gasteiger partial charge in [-0.05, 0) is 43.2 Å². The van der Waals surface area contributed by atoms with Crippen LogP contribution in [0, 0.1) is 0 Å². The first-order valence-corrected chi connectivity index (χ1v) is 11.0. The first kappa shape index (κ1) is 24.6. The lowest BCUT2D eigenvalue weighted by Crippen LogP contribution is -2.32. The van der Waals surface area contributed by atoms with E-state index in [9.17, 15) is 14.4 Å². The number of primary amides is 1. The molecule has 0 radical (unpaired) electrons. The van der Waals surface area contributed by atoms with Crippen LogP contribution in [0.5, 0.6) is 0 Å². The van der Waals surface area contributed by atoms with Crippen LogP contribution < -0.4 is 16.4 Å². The number of rotatable bonds is 8. The lowest BCUT2D eigenvalue weighted by atomic mass is 10.0. The summed E-state index contributed by atoms with van der Waals surface area (Å²) < 4.78 is 4.92. The number of hydrogen-bond acceptors (Lipinski definition) is 7. The SMILES string of the molecule is CCOC(=O)CCN1CCc2c(sc(NC=O)c2C(N)=O)C1.CNc1ccc(Cl)cc1. The maximum absolute atomic E-state index is 11.6. The van der Waals surface area contributed by atoms with Crippen molar-refractivity contribution < 1.29 is 19.1 Å². The number of halogens is 1. The Morgan fingerprint density at radius 2 is 2.03 bits per heavy atom. The third-order valence-electron chi connectivity index (χ3n) is 4.64. The molecule has 1 aliphatic heterocycles. The van der Waals surface area contributed by atoms with Crippen molar-refractivity contribution >= 4 is 51.9 Å². The molecular formula is C21H27ClN4O4S. The lowest BCUT2D eigenvalue weighted by molar-refractivity contribution is -0.143. The molecule has 3 rings (SSSR count). The number of amides is 2. The number of carbonyl (C=O) groups is 3. The second-order valence-corrected chi connectivity index (χ2v) is 8.21. The number of carbonyl (C=O) groups excluding carboxylic acids is 3. The molecule has 1 aromatic heterocycles. The summed E-state index contributed by atoms with van der Waals surface area (Å²) >= 11 is 7.00. The van der Waals surface area contributed by atoms with Gasteiger partial charge in [-0.1, -0.05) is 11.6 Å². The number of nitrogens with zero attached hydrogens (tertiary/aromatic N) is 1. The number of thiophene rings is 1. The highest BCUT2D eigenvalue weighted by Crippen LogP contribution is 2.36. The second kappa shape index (κ2) is 12.3. The van der Waals surface area contributed by atoms with Crippen LogP contribution in [0.25, 0.3) is 0 Å². The maximum atomic E-state index is 11.6. The Balaban J connectivity index is 0.000000316. The Kier molecular flexibility index (Phi) is 9.77. The topological polar surface area (TPSA) is 114 Å². The van der Waals surface area contributed by atoms with E-state index in [4.69, 9.17) is 22.1 Å². The molecule has 10 heteroatoms. The summed E-state index contributed by atoms with van der Waals surface area (Å²) in [6.45, 7) is 4.16. The second-order valence-electron chi connectivity index (χ2n) is 6.67. The highest BCUT2D eigenvalue weighted by Gasteiger charge is 2.27. The summed E-state index contributed by atoms with van der Waals surface area (Å²) in [7, 11) is 1.88. The van der Waals surface area contributed by atoms with Crippen LogP contribution in [0.15, 0.2) is 24.3 Å². The molecule has 0 spiro atoms. The summed E-state index contributed by atoms with van der Waals surface area (Å²) in [6, 6.07) is 7.57. The van der Waals surface area contributed by atoms with Gasteiger partial charge in [0.2, 0.25) is 6.41 Å². The fourth-order valence-corrected chi connectivity index (χ4v) is 4.54. The molecule has 0 saturated heterocycles. The number of benzene rings is 1. The summed E-state index contributed by atoms with van der Waals surface area (Å²) in [5.74, 6) is -0.734. The number of nitrogens with one attached hydrogen (secondary N) is 2. The van der Waals surface area contributed by atoms with Crippen LogP contribution in [0.2, 0.25) is 5.02 Å². The largest absolute Gasteiger partial charge is 0.466 e. The molecule has 0 atom stereocenters. The van der Waals surface area contributed by atoms with Gasteiger partial charge >= 0.3 is 5.97 Å². The van der Waals surface area contributed by atoms with Gasteiger partial charge in [0.25, 0.3) is 5.91 Å². The van der Waals surface area contributed by atoms with Gasteiger partial charge in [-0.2, -0.15) is 0 Å². The fourth-order valence-electron chi connectivity index (χ4n) is 3.16. The number of nitrogens with two attached hydrogens (primary N) is 1. The van der Waals surface area contributed by atoms with Gasteiger partial charge in [-0.25, -0.2) is 0 Å². The Hall–Kier alpha value is -2.62. The zero-order valence-electron chi connectivity index (χ0n) is 17.6. The maximum Gasteiger partial charge on any atom is 0.307 e. The van der Waals surface area contributed by atoms with Crippen LogP contribution in [-0.2, 0) is 27.3 Å². The number of ether oxygens (including phenoxy) is 1. The highest BCUT2D eigenvalue weighted by atomic mass is 35.5. The van der Waals surface area contributed by atoms with Crippen molar-refractivity contribution in [2.45, 2.75) is 26.3 Å². The number of anilines is 2.